The lowest BCUT2D eigenvalue weighted by Gasteiger charge is -2.13. The maximum Gasteiger partial charge on any atom is 0.262 e. The van der Waals surface area contributed by atoms with Crippen molar-refractivity contribution in [3.63, 3.8) is 0 Å². The van der Waals surface area contributed by atoms with Gasteiger partial charge in [0.2, 0.25) is 5.88 Å². The number of aromatic nitrogens is 28. The summed E-state index contributed by atoms with van der Waals surface area (Å²) >= 11 is 37.8. The van der Waals surface area contributed by atoms with Crippen LogP contribution in [0.2, 0.25) is 0 Å². The number of H-pyrrole nitrogens is 7. The van der Waals surface area contributed by atoms with Crippen LogP contribution in [0.25, 0.3) is 77.2 Å². The summed E-state index contributed by atoms with van der Waals surface area (Å²) in [5.41, 5.74) is 9.97. The molecule has 18 N–H and O–H groups in total. The predicted molar refractivity (Wildman–Crippen MR) is 562 cm³/mol. The summed E-state index contributed by atoms with van der Waals surface area (Å²) in [5.74, 6) is 4.01. The second-order valence-electron chi connectivity index (χ2n) is 25.3. The zero-order chi connectivity index (χ0) is 89.1. The first-order valence-corrected chi connectivity index (χ1v) is 56.6. The van der Waals surface area contributed by atoms with Gasteiger partial charge in [0.25, 0.3) is 11.1 Å². The number of nitrogens with two attached hydrogens (primary N) is 1. The van der Waals surface area contributed by atoms with Crippen molar-refractivity contribution in [2.45, 2.75) is 158 Å². The Morgan fingerprint density at radius 1 is 0.587 bits per heavy atom. The third-order valence-corrected chi connectivity index (χ3v) is 34.7. The second kappa shape index (κ2) is 56.3. The first-order chi connectivity index (χ1) is 59.3. The highest BCUT2D eigenvalue weighted by molar-refractivity contribution is 14.1. The first kappa shape index (κ1) is 112. The van der Waals surface area contributed by atoms with Crippen molar-refractivity contribution in [3.8, 4) is 5.88 Å². The normalized spacial score (nSPS) is 20.0. The monoisotopic (exact) mass is 2750 g/mol. The van der Waals surface area contributed by atoms with Gasteiger partial charge in [0.15, 0.2) is 58.2 Å². The van der Waals surface area contributed by atoms with E-state index in [9.17, 15) is 19.8 Å². The van der Waals surface area contributed by atoms with Gasteiger partial charge < -0.3 is 76.4 Å². The number of fused-ring (bicyclic) bond motifs is 7. The van der Waals surface area contributed by atoms with Crippen molar-refractivity contribution >= 4 is 361 Å². The van der Waals surface area contributed by atoms with E-state index in [0.717, 1.165) is 98.5 Å². The van der Waals surface area contributed by atoms with E-state index in [4.69, 9.17) is 63.4 Å². The van der Waals surface area contributed by atoms with Crippen LogP contribution in [0.5, 0.6) is 5.88 Å². The lowest BCUT2D eigenvalue weighted by atomic mass is 10.0. The quantitative estimate of drug-likeness (QED) is 0.0127. The lowest BCUT2D eigenvalue weighted by molar-refractivity contribution is -0.0471. The number of rotatable bonds is 13. The van der Waals surface area contributed by atoms with E-state index in [1.807, 2.05) is 27.3 Å². The summed E-state index contributed by atoms with van der Waals surface area (Å²) in [7, 11) is 13.0. The van der Waals surface area contributed by atoms with E-state index in [2.05, 4.69) is 312 Å². The zero-order valence-corrected chi connectivity index (χ0v) is 90.9. The molecule has 0 aromatic carbocycles. The van der Waals surface area contributed by atoms with Gasteiger partial charge in [-0.1, -0.05) is 72.8 Å². The number of ether oxygens (including phenoxy) is 5. The van der Waals surface area contributed by atoms with Crippen LogP contribution in [0.1, 0.15) is 106 Å². The summed E-state index contributed by atoms with van der Waals surface area (Å²) in [6.07, 6.45) is 13.6. The number of thioether (sulfide) groups is 2. The largest absolute Gasteiger partial charge is 0.480 e. The fourth-order valence-electron chi connectivity index (χ4n) is 12.2. The van der Waals surface area contributed by atoms with Gasteiger partial charge in [-0.2, -0.15) is 35.7 Å². The topological polar surface area (TPSA) is 611 Å². The number of nitrogens with zero attached hydrogens (tertiary/aromatic N) is 21. The Hall–Kier alpha value is -3.04. The predicted octanol–water partition coefficient (Wildman–Crippen LogP) is 12.8. The van der Waals surface area contributed by atoms with Crippen LogP contribution < -0.4 is 27.7 Å². The Kier molecular flexibility index (Phi) is 50.0. The second-order valence-corrected chi connectivity index (χ2v) is 44.7. The van der Waals surface area contributed by atoms with Gasteiger partial charge in [0, 0.05) is 48.4 Å². The molecule has 126 heavy (non-hydrogen) atoms. The van der Waals surface area contributed by atoms with Crippen molar-refractivity contribution < 1.29 is 49.6 Å². The molecule has 18 heterocycles. The number of aliphatic hydroxyl groups excluding tert-OH is 4. The van der Waals surface area contributed by atoms with Gasteiger partial charge in [-0.15, -0.1) is 23.5 Å². The van der Waals surface area contributed by atoms with Crippen molar-refractivity contribution in [1.82, 2.24) is 146 Å². The zero-order valence-electron chi connectivity index (χ0n) is 66.0. The molecule has 4 unspecified atom stereocenters. The summed E-state index contributed by atoms with van der Waals surface area (Å²) in [5, 5.41) is 85.1. The molecule has 0 spiro atoms. The van der Waals surface area contributed by atoms with Crippen LogP contribution in [0.4, 0.5) is 5.82 Å². The summed E-state index contributed by atoms with van der Waals surface area (Å²) in [4.78, 5) is 74.9. The minimum atomic E-state index is -0.717. The van der Waals surface area contributed by atoms with Crippen LogP contribution in [0, 0.1) is 38.7 Å². The molecule has 12 atom stereocenters. The van der Waals surface area contributed by atoms with Gasteiger partial charge in [-0.3, -0.25) is 30.0 Å². The molecule has 0 amide bonds. The van der Waals surface area contributed by atoms with E-state index in [-0.39, 0.29) is 55.2 Å². The summed E-state index contributed by atoms with van der Waals surface area (Å²) in [6.45, 7) is 12.5. The number of halogens is 9. The van der Waals surface area contributed by atoms with E-state index >= 15 is 0 Å². The number of hydrogen-bond donors (Lipinski definition) is 13. The van der Waals surface area contributed by atoms with Crippen molar-refractivity contribution in [2.75, 3.05) is 37.6 Å². The number of nitrogen functional groups attached to an aromatic ring is 1. The molecule has 14 aromatic heterocycles. The van der Waals surface area contributed by atoms with E-state index < -0.39 is 36.9 Å². The summed E-state index contributed by atoms with van der Waals surface area (Å²) < 4.78 is 38.6. The Balaban J connectivity index is 0.000000222. The van der Waals surface area contributed by atoms with Crippen LogP contribution in [0.15, 0.2) is 70.1 Å². The number of alkyl halides is 1. The molecule has 61 heteroatoms. The molecule has 0 saturated carbocycles. The molecule has 4 aliphatic heterocycles. The van der Waals surface area contributed by atoms with E-state index in [0.29, 0.717) is 108 Å². The molecule has 4 fully saturated rings. The molecule has 18 rings (SSSR count). The van der Waals surface area contributed by atoms with Crippen LogP contribution in [-0.2, 0) is 69.2 Å². The van der Waals surface area contributed by atoms with Gasteiger partial charge in [-0.25, -0.2) is 68.9 Å². The average Bonchev–Trinajstić information content (AvgIpc) is 1.63. The molecule has 14 aromatic rings. The molecule has 42 nitrogen and oxygen atoms in total. The Morgan fingerprint density at radius 2 is 1.06 bits per heavy atom. The van der Waals surface area contributed by atoms with Crippen LogP contribution in [-0.4, -0.2) is 240 Å². The SMILES string of the molecule is C.CCSc1ncnc2c1c(I)nn2[C@H]1CC(C)[C@@H](CC)O1.CCSc1ncnc2n[nH]c(I)c12.CC[C@H]1O[C@H](Cl)CC1C.COc1ncnc2c1c(I)nn2[C@H]1CC(O)[C@@H](CO)O1.ClI.N.Nc1ncnc2c1c(I)nn2[C@H]1CC(O)[C@@H](CO)O1.O.O=c1[nH]cnc2[nH]ncc12.O=c1[nH]cnc2n[nH]c(I)c12.S=PP=S=S=S=S.S=c1nc[nH]c2n[nH]c(I)c12. The molecule has 0 radical (unpaired) electrons. The minimum absolute atomic E-state index is 0. The fraction of sp³-hybridized carbons (Fsp3) is 0.462. The third kappa shape index (κ3) is 29.2. The van der Waals surface area contributed by atoms with Crippen molar-refractivity contribution in [3.05, 3.63) is 98.0 Å². The average molecular weight is 2750 g/mol. The molecule has 0 aliphatic carbocycles. The maximum atomic E-state index is 11.1. The van der Waals surface area contributed by atoms with Gasteiger partial charge >= 0.3 is 0 Å². The van der Waals surface area contributed by atoms with E-state index in [1.165, 1.54) is 54.5 Å². The lowest BCUT2D eigenvalue weighted by Crippen LogP contribution is -2.24. The number of methoxy groups -OCH3 is 1. The highest BCUT2D eigenvalue weighted by Crippen LogP contribution is 2.40. The number of aromatic amines is 7. The first-order valence-electron chi connectivity index (χ1n) is 36.1. The van der Waals surface area contributed by atoms with Crippen LogP contribution in [0.3, 0.4) is 0 Å². The van der Waals surface area contributed by atoms with Crippen LogP contribution >= 0.6 is 227 Å². The smallest absolute Gasteiger partial charge is 0.262 e. The molecular weight excluding hydrogens is 2670 g/mol. The Labute approximate surface area is 856 Å². The van der Waals surface area contributed by atoms with Gasteiger partial charge in [-0.05, 0) is 244 Å². The number of hydrogen-bond acceptors (Lipinski definition) is 36. The minimum Gasteiger partial charge on any atom is -0.480 e. The molecule has 4 saturated heterocycles. The van der Waals surface area contributed by atoms with Crippen molar-refractivity contribution in [2.24, 2.45) is 11.8 Å². The maximum absolute atomic E-state index is 11.1. The molecular formula is C65H83Cl2I7N30O12P2S8. The Morgan fingerprint density at radius 3 is 1.58 bits per heavy atom. The highest BCUT2D eigenvalue weighted by atomic mass is 127. The van der Waals surface area contributed by atoms with E-state index in [1.54, 1.807) is 91.7 Å². The number of anilines is 1. The molecule has 0 bridgehead atoms. The fourth-order valence-corrected chi connectivity index (χ4v) is 28.5. The standard InChI is InChI=1S/C14H19IN4OS.C11H13IN4O4.C10H12IN5O3.C7H13ClO.C7H7IN4S.C5H3IN4O.C5H3IN4S.C5H4N4O.CH4.ClI.H3N.H2O.P2S5/c1-4-9-8(3)6-10(20-9)19-13-11(12(15)18-19)14(21-5-2)17-7-16-13;1-19-11-8-9(12)15-16(10(8)13-4-14-11)7-2-5(18)6(3-17)20-7;11-8-7-9(12)13-3-14-10(7)16(15-8)6-1-4(18)5(2-17)19-6;1-3-6-5(2)4-7(8)9-6;1-2-13-7-4-5(8)11-12-6(4)9-3-10-7;2*6-3-2-4(10-9-3)7-1-8-5(2)11;10-5-3-1-8-9-4(3)6-2-7-5;;1-2;;;3-1-2-5-7-6-4/h7-10H,4-6H2,1-3H3;4-7,17-18H,2-3H2,1H3;3-6,17-18H,1-2H2,(H2,12,13,14);5-7H,3-4H2,1-2H3;3H,2H2,1H3,(H,9,10,11,12);2*1H,(H2,7,8,9,10,11);1-2H,(H2,6,7,8,9,10);1H4;;1H3;1H2;/t8?,9-,10-;5?,6-,7-;4?,5-,6-;5?,6-,7+;;;;;;;;;/m1111........./s1. The third-order valence-electron chi connectivity index (χ3n) is 17.8. The summed E-state index contributed by atoms with van der Waals surface area (Å²) in [6, 6.07) is 0. The van der Waals surface area contributed by atoms with Gasteiger partial charge in [0.1, 0.15) is 102 Å². The number of nitrogens with one attached hydrogen (secondary N) is 7. The van der Waals surface area contributed by atoms with Gasteiger partial charge in [0.05, 0.1) is 91.5 Å². The Bertz CT molecular complexity index is 6100. The highest BCUT2D eigenvalue weighted by Gasteiger charge is 2.39. The number of aliphatic hydroxyl groups is 4. The van der Waals surface area contributed by atoms with Crippen molar-refractivity contribution in [1.29, 1.82) is 0 Å². The molecule has 686 valence electrons. The molecule has 4 aliphatic rings.